The zero-order valence-electron chi connectivity index (χ0n) is 15.3. The Labute approximate surface area is 151 Å². The minimum atomic E-state index is -0.787. The number of carboxylic acids is 1. The number of unbranched alkanes of at least 4 members (excludes halogenated alkanes) is 3. The summed E-state index contributed by atoms with van der Waals surface area (Å²) < 4.78 is 0. The Kier molecular flexibility index (Phi) is 10.7. The van der Waals surface area contributed by atoms with Gasteiger partial charge in [0.25, 0.3) is 0 Å². The predicted molar refractivity (Wildman–Crippen MR) is 98.1 cm³/mol. The Balaban J connectivity index is 2.46. The molecule has 0 amide bonds. The van der Waals surface area contributed by atoms with Crippen LogP contribution in [0.15, 0.2) is 24.3 Å². The van der Waals surface area contributed by atoms with Crippen LogP contribution in [-0.4, -0.2) is 44.7 Å². The zero-order chi connectivity index (χ0) is 18.7. The van der Waals surface area contributed by atoms with Gasteiger partial charge in [-0.3, -0.25) is 4.79 Å². The number of aliphatic hydroxyl groups is 3. The minimum Gasteiger partial charge on any atom is -0.481 e. The Hall–Kier alpha value is -1.17. The topological polar surface area (TPSA) is 98.0 Å². The molecule has 0 unspecified atom stereocenters. The Morgan fingerprint density at radius 1 is 1.16 bits per heavy atom. The highest BCUT2D eigenvalue weighted by Crippen LogP contribution is 2.36. The van der Waals surface area contributed by atoms with E-state index in [-0.39, 0.29) is 18.3 Å². The van der Waals surface area contributed by atoms with Crippen LogP contribution in [0.25, 0.3) is 0 Å². The van der Waals surface area contributed by atoms with Crippen LogP contribution in [0.4, 0.5) is 0 Å². The lowest BCUT2D eigenvalue weighted by Crippen LogP contribution is -2.20. The van der Waals surface area contributed by atoms with Gasteiger partial charge in [-0.25, -0.2) is 0 Å². The van der Waals surface area contributed by atoms with E-state index in [9.17, 15) is 20.1 Å². The van der Waals surface area contributed by atoms with Gasteiger partial charge >= 0.3 is 5.97 Å². The van der Waals surface area contributed by atoms with Gasteiger partial charge in [-0.15, -0.1) is 0 Å². The summed E-state index contributed by atoms with van der Waals surface area (Å²) in [5.74, 6) is -1.00. The molecule has 0 bridgehead atoms. The monoisotopic (exact) mass is 354 g/mol. The predicted octanol–water partition coefficient (Wildman–Crippen LogP) is 3.04. The summed E-state index contributed by atoms with van der Waals surface area (Å²) in [7, 11) is 0. The summed E-state index contributed by atoms with van der Waals surface area (Å²) in [5.41, 5.74) is 0. The molecule has 144 valence electrons. The second-order valence-corrected chi connectivity index (χ2v) is 7.05. The van der Waals surface area contributed by atoms with Gasteiger partial charge in [-0.1, -0.05) is 50.5 Å². The maximum Gasteiger partial charge on any atom is 0.303 e. The smallest absolute Gasteiger partial charge is 0.303 e. The number of carboxylic acid groups (broad SMARTS) is 1. The van der Waals surface area contributed by atoms with Crippen molar-refractivity contribution in [1.82, 2.24) is 0 Å². The quantitative estimate of drug-likeness (QED) is 0.319. The van der Waals surface area contributed by atoms with Crippen molar-refractivity contribution in [2.45, 2.75) is 83.0 Å². The first-order chi connectivity index (χ1) is 12.0. The molecular weight excluding hydrogens is 320 g/mol. The maximum absolute atomic E-state index is 10.5. The minimum absolute atomic E-state index is 0.0650. The van der Waals surface area contributed by atoms with E-state index in [1.807, 2.05) is 18.2 Å². The molecule has 1 fully saturated rings. The number of aliphatic hydroxyl groups excluding tert-OH is 3. The van der Waals surface area contributed by atoms with Crippen LogP contribution in [-0.2, 0) is 4.79 Å². The summed E-state index contributed by atoms with van der Waals surface area (Å²) in [5, 5.41) is 39.0. The van der Waals surface area contributed by atoms with Crippen LogP contribution < -0.4 is 0 Å². The Morgan fingerprint density at radius 2 is 1.92 bits per heavy atom. The molecule has 25 heavy (non-hydrogen) atoms. The van der Waals surface area contributed by atoms with Gasteiger partial charge in [0.2, 0.25) is 0 Å². The van der Waals surface area contributed by atoms with Crippen molar-refractivity contribution in [2.24, 2.45) is 11.8 Å². The molecule has 5 atom stereocenters. The van der Waals surface area contributed by atoms with Gasteiger partial charge in [0.15, 0.2) is 0 Å². The molecule has 5 heteroatoms. The molecule has 5 nitrogen and oxygen atoms in total. The van der Waals surface area contributed by atoms with Crippen molar-refractivity contribution < 1.29 is 25.2 Å². The number of allylic oxidation sites excluding steroid dienone is 2. The lowest BCUT2D eigenvalue weighted by molar-refractivity contribution is -0.137. The highest BCUT2D eigenvalue weighted by molar-refractivity contribution is 5.66. The zero-order valence-corrected chi connectivity index (χ0v) is 15.3. The number of hydrogen-bond donors (Lipinski definition) is 4. The molecule has 0 saturated heterocycles. The lowest BCUT2D eigenvalue weighted by atomic mass is 9.89. The SMILES string of the molecule is CCCCC[C@H](O)/C=C/[C@@H]1[C@H](C/C=C\CCCC(=O)O)[C@H](O)C[C@H]1O. The summed E-state index contributed by atoms with van der Waals surface area (Å²) in [6, 6.07) is 0. The summed E-state index contributed by atoms with van der Waals surface area (Å²) >= 11 is 0. The first-order valence-corrected chi connectivity index (χ1v) is 9.55. The number of hydrogen-bond acceptors (Lipinski definition) is 4. The molecule has 1 saturated carbocycles. The van der Waals surface area contributed by atoms with E-state index in [0.29, 0.717) is 25.7 Å². The second kappa shape index (κ2) is 12.2. The number of aliphatic carboxylic acids is 1. The molecule has 0 spiro atoms. The first-order valence-electron chi connectivity index (χ1n) is 9.55. The largest absolute Gasteiger partial charge is 0.481 e. The van der Waals surface area contributed by atoms with Crippen molar-refractivity contribution in [3.8, 4) is 0 Å². The summed E-state index contributed by atoms with van der Waals surface area (Å²) in [6.45, 7) is 2.12. The molecule has 0 aromatic rings. The van der Waals surface area contributed by atoms with E-state index in [1.54, 1.807) is 6.08 Å². The molecule has 0 aromatic heterocycles. The van der Waals surface area contributed by atoms with E-state index < -0.39 is 24.3 Å². The van der Waals surface area contributed by atoms with Crippen LogP contribution in [0.1, 0.15) is 64.7 Å². The fourth-order valence-electron chi connectivity index (χ4n) is 3.41. The standard InChI is InChI=1S/C20H34O5/c1-2-3-6-9-15(21)12-13-17-16(18(22)14-19(17)23)10-7-4-5-8-11-20(24)25/h4,7,12-13,15-19,21-23H,2-3,5-6,8-11,14H2,1H3,(H,24,25)/b7-4-,13-12+/t15-,16-,17+,18+,19+/m0/s1. The average Bonchev–Trinajstić information content (AvgIpc) is 2.82. The van der Waals surface area contributed by atoms with Gasteiger partial charge in [-0.2, -0.15) is 0 Å². The summed E-state index contributed by atoms with van der Waals surface area (Å²) in [4.78, 5) is 10.5. The second-order valence-electron chi connectivity index (χ2n) is 7.05. The fourth-order valence-corrected chi connectivity index (χ4v) is 3.41. The molecule has 1 aliphatic carbocycles. The Bertz CT molecular complexity index is 432. The van der Waals surface area contributed by atoms with Gasteiger partial charge in [0.1, 0.15) is 0 Å². The summed E-state index contributed by atoms with van der Waals surface area (Å²) in [6.07, 6.45) is 12.3. The van der Waals surface area contributed by atoms with Gasteiger partial charge in [0, 0.05) is 18.8 Å². The Morgan fingerprint density at radius 3 is 2.60 bits per heavy atom. The van der Waals surface area contributed by atoms with E-state index in [1.165, 1.54) is 0 Å². The third kappa shape index (κ3) is 8.66. The molecule has 0 radical (unpaired) electrons. The van der Waals surface area contributed by atoms with Gasteiger partial charge < -0.3 is 20.4 Å². The molecule has 0 aromatic carbocycles. The van der Waals surface area contributed by atoms with E-state index in [2.05, 4.69) is 6.92 Å². The highest BCUT2D eigenvalue weighted by Gasteiger charge is 2.39. The number of carbonyl (C=O) groups is 1. The van der Waals surface area contributed by atoms with Crippen molar-refractivity contribution in [1.29, 1.82) is 0 Å². The van der Waals surface area contributed by atoms with Gasteiger partial charge in [-0.05, 0) is 31.6 Å². The lowest BCUT2D eigenvalue weighted by Gasteiger charge is -2.19. The third-order valence-electron chi connectivity index (χ3n) is 4.91. The fraction of sp³-hybridized carbons (Fsp3) is 0.750. The molecular formula is C20H34O5. The van der Waals surface area contributed by atoms with Crippen LogP contribution in [0.2, 0.25) is 0 Å². The van der Waals surface area contributed by atoms with Crippen molar-refractivity contribution in [2.75, 3.05) is 0 Å². The van der Waals surface area contributed by atoms with E-state index in [4.69, 9.17) is 5.11 Å². The van der Waals surface area contributed by atoms with Crippen LogP contribution in [0, 0.1) is 11.8 Å². The average molecular weight is 354 g/mol. The molecule has 1 aliphatic rings. The maximum atomic E-state index is 10.5. The van der Waals surface area contributed by atoms with Crippen LogP contribution in [0.3, 0.4) is 0 Å². The van der Waals surface area contributed by atoms with Crippen LogP contribution >= 0.6 is 0 Å². The van der Waals surface area contributed by atoms with E-state index >= 15 is 0 Å². The van der Waals surface area contributed by atoms with Crippen molar-refractivity contribution in [3.63, 3.8) is 0 Å². The van der Waals surface area contributed by atoms with Gasteiger partial charge in [0.05, 0.1) is 18.3 Å². The normalized spacial score (nSPS) is 28.2. The molecule has 0 aliphatic heterocycles. The van der Waals surface area contributed by atoms with Crippen molar-refractivity contribution in [3.05, 3.63) is 24.3 Å². The molecule has 0 heterocycles. The third-order valence-corrected chi connectivity index (χ3v) is 4.91. The molecule has 4 N–H and O–H groups in total. The first kappa shape index (κ1) is 21.9. The van der Waals surface area contributed by atoms with Crippen molar-refractivity contribution >= 4 is 5.97 Å². The van der Waals surface area contributed by atoms with E-state index in [0.717, 1.165) is 25.7 Å². The highest BCUT2D eigenvalue weighted by atomic mass is 16.4. The van der Waals surface area contributed by atoms with Crippen LogP contribution in [0.5, 0.6) is 0 Å². The molecule has 1 rings (SSSR count). The number of rotatable bonds is 12.